The maximum Gasteiger partial charge on any atom is 0.0434 e. The molecular formula is C9H16O. The van der Waals surface area contributed by atoms with Crippen LogP contribution in [0.15, 0.2) is 11.6 Å². The molecule has 1 rings (SSSR count). The molecule has 0 radical (unpaired) electrons. The summed E-state index contributed by atoms with van der Waals surface area (Å²) in [4.78, 5) is 0. The van der Waals surface area contributed by atoms with Gasteiger partial charge in [-0.15, -0.1) is 0 Å². The first-order chi connectivity index (χ1) is 4.93. The van der Waals surface area contributed by atoms with E-state index in [-0.39, 0.29) is 0 Å². The van der Waals surface area contributed by atoms with Gasteiger partial charge in [0.2, 0.25) is 0 Å². The smallest absolute Gasteiger partial charge is 0.0434 e. The van der Waals surface area contributed by atoms with Gasteiger partial charge in [-0.1, -0.05) is 11.6 Å². The highest BCUT2D eigenvalue weighted by atomic mass is 16.2. The lowest BCUT2D eigenvalue weighted by Crippen LogP contribution is -1.93. The highest BCUT2D eigenvalue weighted by Crippen LogP contribution is 2.20. The summed E-state index contributed by atoms with van der Waals surface area (Å²) >= 11 is 0. The van der Waals surface area contributed by atoms with Gasteiger partial charge in [0.15, 0.2) is 0 Å². The van der Waals surface area contributed by atoms with Crippen molar-refractivity contribution in [3.8, 4) is 0 Å². The molecule has 0 saturated heterocycles. The lowest BCUT2D eigenvalue weighted by Gasteiger charge is -2.11. The largest absolute Gasteiger partial charge is 0.396 e. The van der Waals surface area contributed by atoms with Gasteiger partial charge in [-0.2, -0.15) is 0 Å². The number of hydrogen-bond acceptors (Lipinski definition) is 1. The second-order valence-electron chi connectivity index (χ2n) is 2.94. The van der Waals surface area contributed by atoms with E-state index in [1.54, 1.807) is 5.57 Å². The van der Waals surface area contributed by atoms with E-state index < -0.39 is 0 Å². The van der Waals surface area contributed by atoms with E-state index in [2.05, 4.69) is 6.08 Å². The van der Waals surface area contributed by atoms with Crippen molar-refractivity contribution in [1.29, 1.82) is 0 Å². The van der Waals surface area contributed by atoms with E-state index >= 15 is 0 Å². The van der Waals surface area contributed by atoms with Gasteiger partial charge in [-0.25, -0.2) is 0 Å². The molecule has 1 heteroatoms. The molecule has 1 aliphatic rings. The minimum absolute atomic E-state index is 0.345. The average Bonchev–Trinajstić information content (AvgIpc) is 2.03. The third kappa shape index (κ3) is 2.53. The molecule has 1 nitrogen and oxygen atoms in total. The minimum atomic E-state index is 0.345. The van der Waals surface area contributed by atoms with E-state index in [0.717, 1.165) is 12.8 Å². The van der Waals surface area contributed by atoms with Crippen molar-refractivity contribution in [2.24, 2.45) is 0 Å². The van der Waals surface area contributed by atoms with Gasteiger partial charge >= 0.3 is 0 Å². The molecule has 10 heavy (non-hydrogen) atoms. The first-order valence-corrected chi connectivity index (χ1v) is 4.22. The van der Waals surface area contributed by atoms with Gasteiger partial charge in [-0.3, -0.25) is 0 Å². The molecule has 0 unspecified atom stereocenters. The predicted octanol–water partition coefficient (Wildman–Crippen LogP) is 2.26. The van der Waals surface area contributed by atoms with E-state index in [9.17, 15) is 0 Å². The molecule has 0 spiro atoms. The summed E-state index contributed by atoms with van der Waals surface area (Å²) in [5.41, 5.74) is 1.57. The molecule has 0 bridgehead atoms. The summed E-state index contributed by atoms with van der Waals surface area (Å²) in [5.74, 6) is 0. The van der Waals surface area contributed by atoms with Crippen molar-refractivity contribution >= 4 is 0 Å². The monoisotopic (exact) mass is 140 g/mol. The second kappa shape index (κ2) is 4.51. The third-order valence-electron chi connectivity index (χ3n) is 2.04. The van der Waals surface area contributed by atoms with Crippen LogP contribution in [0.5, 0.6) is 0 Å². The fourth-order valence-corrected chi connectivity index (χ4v) is 1.44. The average molecular weight is 140 g/mol. The molecule has 0 aromatic rings. The molecule has 0 amide bonds. The molecule has 0 aliphatic heterocycles. The molecule has 1 aliphatic carbocycles. The summed E-state index contributed by atoms with van der Waals surface area (Å²) in [7, 11) is 0. The number of aliphatic hydroxyl groups excluding tert-OH is 1. The van der Waals surface area contributed by atoms with Crippen molar-refractivity contribution in [2.75, 3.05) is 6.61 Å². The van der Waals surface area contributed by atoms with Gasteiger partial charge in [0.25, 0.3) is 0 Å². The fourth-order valence-electron chi connectivity index (χ4n) is 1.44. The van der Waals surface area contributed by atoms with Crippen LogP contribution in [0, 0.1) is 0 Å². The topological polar surface area (TPSA) is 20.2 Å². The van der Waals surface area contributed by atoms with Crippen LogP contribution in [-0.4, -0.2) is 11.7 Å². The molecule has 0 atom stereocenters. The Bertz CT molecular complexity index is 116. The van der Waals surface area contributed by atoms with Gasteiger partial charge < -0.3 is 5.11 Å². The van der Waals surface area contributed by atoms with E-state index in [4.69, 9.17) is 5.11 Å². The van der Waals surface area contributed by atoms with Crippen LogP contribution >= 0.6 is 0 Å². The lowest BCUT2D eigenvalue weighted by atomic mass is 9.96. The van der Waals surface area contributed by atoms with Crippen LogP contribution in [0.2, 0.25) is 0 Å². The molecule has 0 aromatic carbocycles. The Morgan fingerprint density at radius 2 is 2.30 bits per heavy atom. The maximum atomic E-state index is 8.57. The summed E-state index contributed by atoms with van der Waals surface area (Å²) in [6, 6.07) is 0. The van der Waals surface area contributed by atoms with Crippen LogP contribution in [0.4, 0.5) is 0 Å². The van der Waals surface area contributed by atoms with Crippen LogP contribution < -0.4 is 0 Å². The van der Waals surface area contributed by atoms with Gasteiger partial charge in [-0.05, 0) is 38.5 Å². The van der Waals surface area contributed by atoms with Crippen LogP contribution in [0.1, 0.15) is 38.5 Å². The van der Waals surface area contributed by atoms with E-state index in [1.165, 1.54) is 25.7 Å². The molecule has 0 fully saturated rings. The predicted molar refractivity (Wildman–Crippen MR) is 42.9 cm³/mol. The minimum Gasteiger partial charge on any atom is -0.396 e. The summed E-state index contributed by atoms with van der Waals surface area (Å²) in [6.07, 6.45) is 9.68. The number of hydrogen-bond donors (Lipinski definition) is 1. The van der Waals surface area contributed by atoms with Crippen LogP contribution in [0.25, 0.3) is 0 Å². The SMILES string of the molecule is OCCCC1=CCCCC1. The Balaban J connectivity index is 2.18. The Morgan fingerprint density at radius 1 is 1.40 bits per heavy atom. The number of rotatable bonds is 3. The molecule has 0 heterocycles. The van der Waals surface area contributed by atoms with Crippen molar-refractivity contribution in [3.63, 3.8) is 0 Å². The zero-order valence-corrected chi connectivity index (χ0v) is 6.47. The summed E-state index contributed by atoms with van der Waals surface area (Å²) < 4.78 is 0. The van der Waals surface area contributed by atoms with Crippen molar-refractivity contribution < 1.29 is 5.11 Å². The Labute approximate surface area is 62.8 Å². The number of aliphatic hydroxyl groups is 1. The molecule has 1 N–H and O–H groups in total. The molecule has 0 saturated carbocycles. The van der Waals surface area contributed by atoms with E-state index in [1.807, 2.05) is 0 Å². The molecular weight excluding hydrogens is 124 g/mol. The Hall–Kier alpha value is -0.300. The Kier molecular flexibility index (Phi) is 3.52. The van der Waals surface area contributed by atoms with Crippen molar-refractivity contribution in [1.82, 2.24) is 0 Å². The first kappa shape index (κ1) is 7.80. The van der Waals surface area contributed by atoms with Crippen LogP contribution in [0.3, 0.4) is 0 Å². The van der Waals surface area contributed by atoms with Gasteiger partial charge in [0.05, 0.1) is 0 Å². The number of allylic oxidation sites excluding steroid dienone is 2. The highest BCUT2D eigenvalue weighted by molar-refractivity contribution is 5.04. The third-order valence-corrected chi connectivity index (χ3v) is 2.04. The standard InChI is InChI=1S/C9H16O/c10-8-4-7-9-5-2-1-3-6-9/h5,10H,1-4,6-8H2. The molecule has 58 valence electrons. The zero-order chi connectivity index (χ0) is 7.23. The highest BCUT2D eigenvalue weighted by Gasteiger charge is 2.01. The normalized spacial score (nSPS) is 18.7. The second-order valence-corrected chi connectivity index (χ2v) is 2.94. The fraction of sp³-hybridized carbons (Fsp3) is 0.778. The van der Waals surface area contributed by atoms with Crippen molar-refractivity contribution in [3.05, 3.63) is 11.6 Å². The molecule has 0 aromatic heterocycles. The maximum absolute atomic E-state index is 8.57. The summed E-state index contributed by atoms with van der Waals surface area (Å²) in [6.45, 7) is 0.345. The lowest BCUT2D eigenvalue weighted by molar-refractivity contribution is 0.287. The summed E-state index contributed by atoms with van der Waals surface area (Å²) in [5, 5.41) is 8.57. The van der Waals surface area contributed by atoms with E-state index in [0.29, 0.717) is 6.61 Å². The first-order valence-electron chi connectivity index (χ1n) is 4.22. The Morgan fingerprint density at radius 3 is 2.90 bits per heavy atom. The van der Waals surface area contributed by atoms with Crippen molar-refractivity contribution in [2.45, 2.75) is 38.5 Å². The zero-order valence-electron chi connectivity index (χ0n) is 6.47. The van der Waals surface area contributed by atoms with Gasteiger partial charge in [0, 0.05) is 6.61 Å². The van der Waals surface area contributed by atoms with Crippen LogP contribution in [-0.2, 0) is 0 Å². The quantitative estimate of drug-likeness (QED) is 0.596. The van der Waals surface area contributed by atoms with Gasteiger partial charge in [0.1, 0.15) is 0 Å².